The minimum atomic E-state index is 0.781. The van der Waals surface area contributed by atoms with E-state index in [-0.39, 0.29) is 0 Å². The van der Waals surface area contributed by atoms with Crippen LogP contribution in [0.3, 0.4) is 0 Å². The number of rotatable bonds is 4. The fraction of sp³-hybridized carbons (Fsp3) is 0.438. The zero-order valence-electron chi connectivity index (χ0n) is 11.2. The van der Waals surface area contributed by atoms with E-state index >= 15 is 0 Å². The van der Waals surface area contributed by atoms with Gasteiger partial charge in [0.1, 0.15) is 0 Å². The van der Waals surface area contributed by atoms with Crippen LogP contribution in [0.4, 0.5) is 0 Å². The second-order valence-electron chi connectivity index (χ2n) is 4.91. The summed E-state index contributed by atoms with van der Waals surface area (Å²) in [5.41, 5.74) is 2.23. The minimum absolute atomic E-state index is 0.781. The molecule has 1 saturated carbocycles. The SMILES string of the molecule is CSC1CCC(/C=C/C=C/c2ccc(C)nc2)C1. The van der Waals surface area contributed by atoms with E-state index in [0.29, 0.717) is 0 Å². The average molecular weight is 259 g/mol. The van der Waals surface area contributed by atoms with Crippen molar-refractivity contribution in [3.8, 4) is 0 Å². The fourth-order valence-corrected chi connectivity index (χ4v) is 3.14. The summed E-state index contributed by atoms with van der Waals surface area (Å²) < 4.78 is 0. The minimum Gasteiger partial charge on any atom is -0.261 e. The molecule has 0 N–H and O–H groups in total. The lowest BCUT2D eigenvalue weighted by molar-refractivity contribution is 0.688. The van der Waals surface area contributed by atoms with Crippen molar-refractivity contribution in [2.45, 2.75) is 31.4 Å². The summed E-state index contributed by atoms with van der Waals surface area (Å²) in [4.78, 5) is 4.28. The van der Waals surface area contributed by atoms with E-state index in [0.717, 1.165) is 16.9 Å². The van der Waals surface area contributed by atoms with Crippen LogP contribution in [0, 0.1) is 12.8 Å². The van der Waals surface area contributed by atoms with Crippen LogP contribution in [0.1, 0.15) is 30.5 Å². The van der Waals surface area contributed by atoms with Gasteiger partial charge in [-0.25, -0.2) is 0 Å². The van der Waals surface area contributed by atoms with Crippen molar-refractivity contribution in [1.82, 2.24) is 4.98 Å². The molecular formula is C16H21NS. The Bertz CT molecular complexity index is 419. The summed E-state index contributed by atoms with van der Waals surface area (Å²) in [7, 11) is 0. The van der Waals surface area contributed by atoms with Crippen molar-refractivity contribution < 1.29 is 0 Å². The van der Waals surface area contributed by atoms with Gasteiger partial charge >= 0.3 is 0 Å². The molecule has 1 heterocycles. The molecule has 1 aromatic heterocycles. The molecule has 1 aromatic rings. The molecule has 1 aliphatic rings. The topological polar surface area (TPSA) is 12.9 Å². The second-order valence-corrected chi connectivity index (χ2v) is 6.05. The molecule has 0 radical (unpaired) electrons. The van der Waals surface area contributed by atoms with Gasteiger partial charge in [-0.1, -0.05) is 30.4 Å². The Morgan fingerprint density at radius 1 is 1.28 bits per heavy atom. The summed E-state index contributed by atoms with van der Waals surface area (Å²) in [6, 6.07) is 4.15. The van der Waals surface area contributed by atoms with Gasteiger partial charge in [0.15, 0.2) is 0 Å². The predicted octanol–water partition coefficient (Wildman–Crippen LogP) is 4.49. The molecule has 1 fully saturated rings. The average Bonchev–Trinajstić information content (AvgIpc) is 2.85. The Morgan fingerprint density at radius 3 is 2.83 bits per heavy atom. The molecular weight excluding hydrogens is 238 g/mol. The van der Waals surface area contributed by atoms with E-state index in [4.69, 9.17) is 0 Å². The van der Waals surface area contributed by atoms with Gasteiger partial charge in [0, 0.05) is 17.1 Å². The summed E-state index contributed by atoms with van der Waals surface area (Å²) in [6.45, 7) is 2.01. The van der Waals surface area contributed by atoms with Crippen LogP contribution in [0.2, 0.25) is 0 Å². The zero-order valence-corrected chi connectivity index (χ0v) is 12.0. The van der Waals surface area contributed by atoms with E-state index in [1.165, 1.54) is 24.8 Å². The molecule has 1 aliphatic carbocycles. The molecule has 2 rings (SSSR count). The van der Waals surface area contributed by atoms with Crippen LogP contribution >= 0.6 is 11.8 Å². The largest absolute Gasteiger partial charge is 0.261 e. The van der Waals surface area contributed by atoms with Crippen molar-refractivity contribution >= 4 is 17.8 Å². The van der Waals surface area contributed by atoms with E-state index < -0.39 is 0 Å². The highest BCUT2D eigenvalue weighted by Crippen LogP contribution is 2.33. The number of aromatic nitrogens is 1. The Morgan fingerprint density at radius 2 is 2.17 bits per heavy atom. The quantitative estimate of drug-likeness (QED) is 0.739. The van der Waals surface area contributed by atoms with Crippen LogP contribution in [0.5, 0.6) is 0 Å². The lowest BCUT2D eigenvalue weighted by atomic mass is 10.1. The maximum Gasteiger partial charge on any atom is 0.0373 e. The number of hydrogen-bond donors (Lipinski definition) is 0. The Balaban J connectivity index is 1.82. The fourth-order valence-electron chi connectivity index (χ4n) is 2.33. The maximum absolute atomic E-state index is 4.28. The van der Waals surface area contributed by atoms with Crippen molar-refractivity contribution in [3.05, 3.63) is 47.8 Å². The first kappa shape index (κ1) is 13.4. The number of pyridine rings is 1. The molecule has 0 bridgehead atoms. The third-order valence-corrected chi connectivity index (χ3v) is 4.57. The molecule has 18 heavy (non-hydrogen) atoms. The van der Waals surface area contributed by atoms with Gasteiger partial charge in [-0.15, -0.1) is 0 Å². The van der Waals surface area contributed by atoms with Crippen molar-refractivity contribution in [3.63, 3.8) is 0 Å². The first-order valence-corrected chi connectivity index (χ1v) is 7.87. The van der Waals surface area contributed by atoms with Crippen molar-refractivity contribution in [2.75, 3.05) is 6.26 Å². The first-order chi connectivity index (χ1) is 8.78. The number of nitrogens with zero attached hydrogens (tertiary/aromatic N) is 1. The molecule has 0 saturated heterocycles. The number of aryl methyl sites for hydroxylation is 1. The molecule has 0 aromatic carbocycles. The molecule has 2 unspecified atom stereocenters. The highest BCUT2D eigenvalue weighted by Gasteiger charge is 2.21. The lowest BCUT2D eigenvalue weighted by Gasteiger charge is -2.03. The van der Waals surface area contributed by atoms with Gasteiger partial charge in [0.2, 0.25) is 0 Å². The molecule has 0 spiro atoms. The zero-order chi connectivity index (χ0) is 12.8. The summed E-state index contributed by atoms with van der Waals surface area (Å²) in [6.07, 6.45) is 17.0. The second kappa shape index (κ2) is 6.79. The molecule has 0 aliphatic heterocycles. The highest BCUT2D eigenvalue weighted by atomic mass is 32.2. The van der Waals surface area contributed by atoms with Crippen molar-refractivity contribution in [2.24, 2.45) is 5.92 Å². The predicted molar refractivity (Wildman–Crippen MR) is 81.8 cm³/mol. The summed E-state index contributed by atoms with van der Waals surface area (Å²) in [5, 5.41) is 0.880. The molecule has 1 nitrogen and oxygen atoms in total. The van der Waals surface area contributed by atoms with Crippen LogP contribution < -0.4 is 0 Å². The van der Waals surface area contributed by atoms with Crippen LogP contribution in [-0.2, 0) is 0 Å². The van der Waals surface area contributed by atoms with Gasteiger partial charge in [0.05, 0.1) is 0 Å². The standard InChI is InChI=1S/C16H21NS/c1-13-7-8-15(12-17-13)6-4-3-5-14-9-10-16(11-14)18-2/h3-8,12,14,16H,9-11H2,1-2H3/b5-3+,6-4+. The van der Waals surface area contributed by atoms with Gasteiger partial charge < -0.3 is 0 Å². The number of allylic oxidation sites excluding steroid dienone is 3. The molecule has 0 amide bonds. The van der Waals surface area contributed by atoms with Crippen LogP contribution in [-0.4, -0.2) is 16.5 Å². The van der Waals surface area contributed by atoms with E-state index in [1.54, 1.807) is 0 Å². The number of thioether (sulfide) groups is 1. The van der Waals surface area contributed by atoms with Gasteiger partial charge in [-0.05, 0) is 50.0 Å². The molecule has 2 heteroatoms. The van der Waals surface area contributed by atoms with E-state index in [9.17, 15) is 0 Å². The maximum atomic E-state index is 4.28. The van der Waals surface area contributed by atoms with Crippen LogP contribution in [0.15, 0.2) is 36.6 Å². The highest BCUT2D eigenvalue weighted by molar-refractivity contribution is 7.99. The lowest BCUT2D eigenvalue weighted by Crippen LogP contribution is -1.93. The summed E-state index contributed by atoms with van der Waals surface area (Å²) in [5.74, 6) is 0.781. The van der Waals surface area contributed by atoms with Gasteiger partial charge in [-0.3, -0.25) is 4.98 Å². The van der Waals surface area contributed by atoms with Crippen LogP contribution in [0.25, 0.3) is 6.08 Å². The van der Waals surface area contributed by atoms with E-state index in [2.05, 4.69) is 41.6 Å². The Kier molecular flexibility index (Phi) is 5.06. The van der Waals surface area contributed by atoms with Gasteiger partial charge in [0.25, 0.3) is 0 Å². The monoisotopic (exact) mass is 259 g/mol. The molecule has 2 atom stereocenters. The van der Waals surface area contributed by atoms with Gasteiger partial charge in [-0.2, -0.15) is 11.8 Å². The normalized spacial score (nSPS) is 24.3. The Hall–Kier alpha value is -1.02. The Labute approximate surface area is 114 Å². The van der Waals surface area contributed by atoms with Crippen molar-refractivity contribution in [1.29, 1.82) is 0 Å². The third kappa shape index (κ3) is 4.02. The number of hydrogen-bond acceptors (Lipinski definition) is 2. The third-order valence-electron chi connectivity index (χ3n) is 3.48. The molecule has 96 valence electrons. The smallest absolute Gasteiger partial charge is 0.0373 e. The first-order valence-electron chi connectivity index (χ1n) is 6.58. The summed E-state index contributed by atoms with van der Waals surface area (Å²) >= 11 is 2.01. The van der Waals surface area contributed by atoms with E-state index in [1.807, 2.05) is 30.9 Å².